The molecule has 0 radical (unpaired) electrons. The number of benzene rings is 3. The SMILES string of the molecule is COc1cc(/C=C2\SC(=Nc3ccc(N4CCOCC4)cc3)N(C)C2=O)c([N+](=O)[O-])cc1OCc1ccccc1. The molecule has 3 aromatic rings. The number of carbonyl (C=O) groups excluding carboxylic acids is 1. The van der Waals surface area contributed by atoms with Gasteiger partial charge in [-0.3, -0.25) is 19.8 Å². The van der Waals surface area contributed by atoms with Crippen LogP contribution in [-0.2, 0) is 16.1 Å². The van der Waals surface area contributed by atoms with Crippen LogP contribution in [0.3, 0.4) is 0 Å². The molecule has 11 heteroatoms. The number of morpholine rings is 1. The van der Waals surface area contributed by atoms with Crippen LogP contribution in [0.1, 0.15) is 11.1 Å². The predicted octanol–water partition coefficient (Wildman–Crippen LogP) is 5.25. The number of amides is 1. The van der Waals surface area contributed by atoms with E-state index in [2.05, 4.69) is 9.89 Å². The average molecular weight is 561 g/mol. The normalized spacial score (nSPS) is 17.5. The topological polar surface area (TPSA) is 107 Å². The second kappa shape index (κ2) is 12.2. The highest BCUT2D eigenvalue weighted by molar-refractivity contribution is 8.18. The van der Waals surface area contributed by atoms with Crippen molar-refractivity contribution in [1.29, 1.82) is 0 Å². The molecule has 2 aliphatic rings. The van der Waals surface area contributed by atoms with Crippen LogP contribution in [0.5, 0.6) is 11.5 Å². The maximum atomic E-state index is 13.0. The van der Waals surface area contributed by atoms with Gasteiger partial charge in [-0.1, -0.05) is 30.3 Å². The summed E-state index contributed by atoms with van der Waals surface area (Å²) < 4.78 is 16.7. The van der Waals surface area contributed by atoms with Gasteiger partial charge in [-0.2, -0.15) is 0 Å². The summed E-state index contributed by atoms with van der Waals surface area (Å²) in [6.07, 6.45) is 1.50. The Morgan fingerprint density at radius 1 is 1.07 bits per heavy atom. The smallest absolute Gasteiger partial charge is 0.280 e. The molecule has 0 saturated carbocycles. The number of carbonyl (C=O) groups is 1. The number of aliphatic imine (C=N–C) groups is 1. The zero-order valence-corrected chi connectivity index (χ0v) is 22.9. The maximum absolute atomic E-state index is 13.0. The molecule has 206 valence electrons. The van der Waals surface area contributed by atoms with Gasteiger partial charge in [0.1, 0.15) is 6.61 Å². The van der Waals surface area contributed by atoms with Gasteiger partial charge in [-0.15, -0.1) is 0 Å². The van der Waals surface area contributed by atoms with Gasteiger partial charge in [0.2, 0.25) is 0 Å². The van der Waals surface area contributed by atoms with Crippen molar-refractivity contribution in [3.63, 3.8) is 0 Å². The minimum Gasteiger partial charge on any atom is -0.493 e. The third-order valence-electron chi connectivity index (χ3n) is 6.49. The highest BCUT2D eigenvalue weighted by Crippen LogP contribution is 2.39. The van der Waals surface area contributed by atoms with Crippen molar-refractivity contribution in [3.05, 3.63) is 92.9 Å². The second-order valence-electron chi connectivity index (χ2n) is 9.08. The van der Waals surface area contributed by atoms with E-state index in [-0.39, 0.29) is 29.5 Å². The van der Waals surface area contributed by atoms with Gasteiger partial charge in [-0.05, 0) is 53.7 Å². The molecule has 0 unspecified atom stereocenters. The van der Waals surface area contributed by atoms with Gasteiger partial charge in [-0.25, -0.2) is 4.99 Å². The Kier molecular flexibility index (Phi) is 8.32. The zero-order valence-electron chi connectivity index (χ0n) is 22.1. The van der Waals surface area contributed by atoms with Crippen molar-refractivity contribution >= 4 is 46.0 Å². The van der Waals surface area contributed by atoms with Crippen molar-refractivity contribution in [3.8, 4) is 11.5 Å². The first-order valence-corrected chi connectivity index (χ1v) is 13.5. The van der Waals surface area contributed by atoms with Crippen molar-refractivity contribution in [1.82, 2.24) is 4.90 Å². The minimum atomic E-state index is -0.500. The summed E-state index contributed by atoms with van der Waals surface area (Å²) in [5.41, 5.74) is 2.74. The first-order valence-electron chi connectivity index (χ1n) is 12.6. The summed E-state index contributed by atoms with van der Waals surface area (Å²) in [6, 6.07) is 20.1. The monoisotopic (exact) mass is 560 g/mol. The fourth-order valence-electron chi connectivity index (χ4n) is 4.31. The predicted molar refractivity (Wildman–Crippen MR) is 155 cm³/mol. The largest absolute Gasteiger partial charge is 0.493 e. The molecule has 1 amide bonds. The lowest BCUT2D eigenvalue weighted by Gasteiger charge is -2.28. The quantitative estimate of drug-likeness (QED) is 0.209. The van der Waals surface area contributed by atoms with Gasteiger partial charge in [0, 0.05) is 25.8 Å². The molecule has 10 nitrogen and oxygen atoms in total. The van der Waals surface area contributed by atoms with Crippen molar-refractivity contribution in [2.24, 2.45) is 4.99 Å². The second-order valence-corrected chi connectivity index (χ2v) is 10.1. The first kappa shape index (κ1) is 27.2. The Morgan fingerprint density at radius 3 is 2.48 bits per heavy atom. The van der Waals surface area contributed by atoms with Crippen LogP contribution >= 0.6 is 11.8 Å². The van der Waals surface area contributed by atoms with Crippen LogP contribution in [0.4, 0.5) is 17.1 Å². The molecular weight excluding hydrogens is 532 g/mol. The van der Waals surface area contributed by atoms with E-state index >= 15 is 0 Å². The van der Waals surface area contributed by atoms with Crippen molar-refractivity contribution < 1.29 is 23.9 Å². The molecule has 3 aromatic carbocycles. The first-order chi connectivity index (χ1) is 19.4. The van der Waals surface area contributed by atoms with Crippen LogP contribution in [0, 0.1) is 10.1 Å². The highest BCUT2D eigenvalue weighted by Gasteiger charge is 2.31. The van der Waals surface area contributed by atoms with Gasteiger partial charge in [0.05, 0.1) is 47.5 Å². The highest BCUT2D eigenvalue weighted by atomic mass is 32.2. The van der Waals surface area contributed by atoms with E-state index in [1.807, 2.05) is 54.6 Å². The Morgan fingerprint density at radius 2 is 1.80 bits per heavy atom. The molecule has 0 aliphatic carbocycles. The van der Waals surface area contributed by atoms with E-state index in [9.17, 15) is 14.9 Å². The van der Waals surface area contributed by atoms with E-state index < -0.39 is 4.92 Å². The lowest BCUT2D eigenvalue weighted by molar-refractivity contribution is -0.385. The number of likely N-dealkylation sites (N-methyl/N-ethyl adjacent to an activating group) is 1. The number of thioether (sulfide) groups is 1. The van der Waals surface area contributed by atoms with Crippen LogP contribution in [0.2, 0.25) is 0 Å². The van der Waals surface area contributed by atoms with Crippen LogP contribution in [0.15, 0.2) is 76.6 Å². The molecule has 0 bridgehead atoms. The van der Waals surface area contributed by atoms with Gasteiger partial charge >= 0.3 is 0 Å². The van der Waals surface area contributed by atoms with Gasteiger partial charge in [0.25, 0.3) is 11.6 Å². The van der Waals surface area contributed by atoms with E-state index in [0.29, 0.717) is 34.7 Å². The molecule has 0 aromatic heterocycles. The third-order valence-corrected chi connectivity index (χ3v) is 7.55. The number of nitro groups is 1. The molecule has 2 fully saturated rings. The molecule has 2 aliphatic heterocycles. The summed E-state index contributed by atoms with van der Waals surface area (Å²) >= 11 is 1.16. The van der Waals surface area contributed by atoms with Crippen LogP contribution < -0.4 is 14.4 Å². The molecule has 5 rings (SSSR count). The number of methoxy groups -OCH3 is 1. The Bertz CT molecular complexity index is 1450. The van der Waals surface area contributed by atoms with Crippen molar-refractivity contribution in [2.45, 2.75) is 6.61 Å². The molecule has 2 saturated heterocycles. The summed E-state index contributed by atoms with van der Waals surface area (Å²) in [5.74, 6) is 0.267. The number of hydrogen-bond acceptors (Lipinski definition) is 9. The standard InChI is InChI=1S/C29H28N4O6S/c1-31-28(34)27(40-29(31)30-22-8-10-23(11-9-22)32-12-14-38-15-13-32)17-21-16-25(37-2)26(18-24(21)33(35)36)39-19-20-6-4-3-5-7-20/h3-11,16-18H,12-15,19H2,1-2H3/b27-17-,30-29?. The number of hydrogen-bond donors (Lipinski definition) is 0. The Labute approximate surface area is 236 Å². The lowest BCUT2D eigenvalue weighted by atomic mass is 10.1. The van der Waals surface area contributed by atoms with Crippen LogP contribution in [0.25, 0.3) is 6.08 Å². The molecule has 0 atom stereocenters. The number of amidine groups is 1. The summed E-state index contributed by atoms with van der Waals surface area (Å²) in [5, 5.41) is 12.4. The van der Waals surface area contributed by atoms with E-state index in [1.165, 1.54) is 30.2 Å². The van der Waals surface area contributed by atoms with Crippen LogP contribution in [-0.4, -0.2) is 61.4 Å². The number of nitrogens with zero attached hydrogens (tertiary/aromatic N) is 4. The summed E-state index contributed by atoms with van der Waals surface area (Å²) in [4.78, 5) is 33.2. The van der Waals surface area contributed by atoms with Gasteiger partial charge in [0.15, 0.2) is 16.7 Å². The summed E-state index contributed by atoms with van der Waals surface area (Å²) in [7, 11) is 3.10. The Hall–Kier alpha value is -4.35. The lowest BCUT2D eigenvalue weighted by Crippen LogP contribution is -2.36. The number of anilines is 1. The number of rotatable bonds is 8. The minimum absolute atomic E-state index is 0.198. The molecule has 0 spiro atoms. The third kappa shape index (κ3) is 6.11. The molecule has 40 heavy (non-hydrogen) atoms. The molecule has 0 N–H and O–H groups in total. The molecule has 2 heterocycles. The van der Waals surface area contributed by atoms with Crippen molar-refractivity contribution in [2.75, 3.05) is 45.4 Å². The fourth-order valence-corrected chi connectivity index (χ4v) is 5.29. The number of nitro benzene ring substituents is 1. The average Bonchev–Trinajstić information content (AvgIpc) is 3.24. The zero-order chi connectivity index (χ0) is 28.1. The maximum Gasteiger partial charge on any atom is 0.280 e. The van der Waals surface area contributed by atoms with E-state index in [0.717, 1.165) is 36.1 Å². The molecular formula is C29H28N4O6S. The summed E-state index contributed by atoms with van der Waals surface area (Å²) in [6.45, 7) is 3.31. The van der Waals surface area contributed by atoms with E-state index in [4.69, 9.17) is 14.2 Å². The Balaban J connectivity index is 1.38. The van der Waals surface area contributed by atoms with Gasteiger partial charge < -0.3 is 19.1 Å². The fraction of sp³-hybridized carbons (Fsp3) is 0.241. The van der Waals surface area contributed by atoms with E-state index in [1.54, 1.807) is 7.05 Å². The number of ether oxygens (including phenoxy) is 3.